The van der Waals surface area contributed by atoms with Gasteiger partial charge in [0.2, 0.25) is 5.91 Å². The summed E-state index contributed by atoms with van der Waals surface area (Å²) in [5.41, 5.74) is 0.968. The van der Waals surface area contributed by atoms with Crippen LogP contribution in [0.15, 0.2) is 18.2 Å². The molecule has 1 rings (SSSR count). The predicted molar refractivity (Wildman–Crippen MR) is 84.0 cm³/mol. The van der Waals surface area contributed by atoms with Crippen molar-refractivity contribution in [2.75, 3.05) is 40.9 Å². The molecule has 0 unspecified atom stereocenters. The number of benzene rings is 1. The SMILES string of the molecule is COc1cccc(CCNC(=O)CC#N)c1OCCN(C)C. The molecule has 0 aliphatic carbocycles. The molecule has 1 amide bonds. The Hall–Kier alpha value is -2.26. The van der Waals surface area contributed by atoms with E-state index in [4.69, 9.17) is 14.7 Å². The molecule has 120 valence electrons. The molecule has 0 heterocycles. The standard InChI is InChI=1S/C16H23N3O3/c1-19(2)11-12-22-16-13(5-4-6-14(16)21-3)8-10-18-15(20)7-9-17/h4-6H,7-8,10-12H2,1-3H3,(H,18,20). The summed E-state index contributed by atoms with van der Waals surface area (Å²) in [4.78, 5) is 13.3. The molecule has 22 heavy (non-hydrogen) atoms. The molecule has 1 aromatic rings. The Labute approximate surface area is 131 Å². The van der Waals surface area contributed by atoms with E-state index in [2.05, 4.69) is 5.32 Å². The number of nitriles is 1. The van der Waals surface area contributed by atoms with Gasteiger partial charge >= 0.3 is 0 Å². The van der Waals surface area contributed by atoms with E-state index in [1.54, 1.807) is 7.11 Å². The van der Waals surface area contributed by atoms with Crippen molar-refractivity contribution in [1.82, 2.24) is 10.2 Å². The van der Waals surface area contributed by atoms with Gasteiger partial charge in [0, 0.05) is 13.1 Å². The highest BCUT2D eigenvalue weighted by molar-refractivity contribution is 5.77. The van der Waals surface area contributed by atoms with E-state index < -0.39 is 0 Å². The van der Waals surface area contributed by atoms with Crippen LogP contribution in [-0.2, 0) is 11.2 Å². The third-order valence-electron chi connectivity index (χ3n) is 3.02. The molecule has 0 radical (unpaired) electrons. The molecule has 0 aliphatic heterocycles. The molecule has 1 aromatic carbocycles. The maximum Gasteiger partial charge on any atom is 0.234 e. The van der Waals surface area contributed by atoms with Gasteiger partial charge in [-0.25, -0.2) is 0 Å². The van der Waals surface area contributed by atoms with E-state index in [1.807, 2.05) is 43.3 Å². The van der Waals surface area contributed by atoms with E-state index in [0.29, 0.717) is 31.1 Å². The van der Waals surface area contributed by atoms with Crippen molar-refractivity contribution in [3.8, 4) is 17.6 Å². The molecule has 1 N–H and O–H groups in total. The average Bonchev–Trinajstić information content (AvgIpc) is 2.48. The van der Waals surface area contributed by atoms with Gasteiger partial charge in [-0.3, -0.25) is 4.79 Å². The molecule has 0 bridgehead atoms. The number of para-hydroxylation sites is 1. The first-order valence-corrected chi connectivity index (χ1v) is 7.15. The van der Waals surface area contributed by atoms with Gasteiger partial charge in [-0.15, -0.1) is 0 Å². The molecule has 0 saturated heterocycles. The molecule has 0 atom stereocenters. The Balaban J connectivity index is 2.68. The van der Waals surface area contributed by atoms with Gasteiger partial charge in [0.15, 0.2) is 11.5 Å². The molecular weight excluding hydrogens is 282 g/mol. The zero-order valence-electron chi connectivity index (χ0n) is 13.4. The second-order valence-electron chi connectivity index (χ2n) is 5.04. The van der Waals surface area contributed by atoms with Gasteiger partial charge in [0.25, 0.3) is 0 Å². The topological polar surface area (TPSA) is 74.6 Å². The Morgan fingerprint density at radius 1 is 1.41 bits per heavy atom. The van der Waals surface area contributed by atoms with Crippen molar-refractivity contribution in [2.24, 2.45) is 0 Å². The molecule has 0 spiro atoms. The lowest BCUT2D eigenvalue weighted by atomic mass is 10.1. The number of rotatable bonds is 9. The van der Waals surface area contributed by atoms with Gasteiger partial charge in [0.1, 0.15) is 13.0 Å². The number of carbonyl (C=O) groups is 1. The number of hydrogen-bond acceptors (Lipinski definition) is 5. The lowest BCUT2D eigenvalue weighted by molar-refractivity contribution is -0.120. The summed E-state index contributed by atoms with van der Waals surface area (Å²) < 4.78 is 11.2. The molecule has 6 heteroatoms. The first-order chi connectivity index (χ1) is 10.6. The smallest absolute Gasteiger partial charge is 0.234 e. The van der Waals surface area contributed by atoms with Crippen LogP contribution in [0, 0.1) is 11.3 Å². The van der Waals surface area contributed by atoms with E-state index in [-0.39, 0.29) is 12.3 Å². The van der Waals surface area contributed by atoms with E-state index >= 15 is 0 Å². The van der Waals surface area contributed by atoms with Gasteiger partial charge < -0.3 is 19.7 Å². The monoisotopic (exact) mass is 305 g/mol. The zero-order chi connectivity index (χ0) is 16.4. The zero-order valence-corrected chi connectivity index (χ0v) is 13.4. The molecule has 0 aromatic heterocycles. The normalized spacial score (nSPS) is 10.1. The number of hydrogen-bond donors (Lipinski definition) is 1. The van der Waals surface area contributed by atoms with Crippen LogP contribution in [0.4, 0.5) is 0 Å². The lowest BCUT2D eigenvalue weighted by Gasteiger charge is -2.17. The van der Waals surface area contributed by atoms with Gasteiger partial charge in [-0.1, -0.05) is 12.1 Å². The van der Waals surface area contributed by atoms with Crippen LogP contribution in [0.25, 0.3) is 0 Å². The summed E-state index contributed by atoms with van der Waals surface area (Å²) in [7, 11) is 5.57. The van der Waals surface area contributed by atoms with Gasteiger partial charge in [-0.05, 0) is 32.1 Å². The highest BCUT2D eigenvalue weighted by Crippen LogP contribution is 2.31. The minimum atomic E-state index is -0.263. The fourth-order valence-corrected chi connectivity index (χ4v) is 1.88. The summed E-state index contributed by atoms with van der Waals surface area (Å²) in [5, 5.41) is 11.2. The summed E-state index contributed by atoms with van der Waals surface area (Å²) in [6.07, 6.45) is 0.496. The fourth-order valence-electron chi connectivity index (χ4n) is 1.88. The van der Waals surface area contributed by atoms with Crippen LogP contribution in [0.3, 0.4) is 0 Å². The average molecular weight is 305 g/mol. The molecule has 0 saturated carbocycles. The van der Waals surface area contributed by atoms with Crippen LogP contribution in [0.2, 0.25) is 0 Å². The van der Waals surface area contributed by atoms with Crippen LogP contribution >= 0.6 is 0 Å². The third kappa shape index (κ3) is 6.02. The Morgan fingerprint density at radius 2 is 2.18 bits per heavy atom. The number of nitrogens with zero attached hydrogens (tertiary/aromatic N) is 2. The Morgan fingerprint density at radius 3 is 2.82 bits per heavy atom. The molecule has 6 nitrogen and oxygen atoms in total. The number of ether oxygens (including phenoxy) is 2. The van der Waals surface area contributed by atoms with Crippen LogP contribution in [0.5, 0.6) is 11.5 Å². The van der Waals surface area contributed by atoms with Crippen LogP contribution in [0.1, 0.15) is 12.0 Å². The summed E-state index contributed by atoms with van der Waals surface area (Å²) in [5.74, 6) is 1.13. The fraction of sp³-hybridized carbons (Fsp3) is 0.500. The Bertz CT molecular complexity index is 524. The first-order valence-electron chi connectivity index (χ1n) is 7.15. The summed E-state index contributed by atoms with van der Waals surface area (Å²) >= 11 is 0. The minimum Gasteiger partial charge on any atom is -0.493 e. The maximum atomic E-state index is 11.3. The second kappa shape index (κ2) is 9.64. The quantitative estimate of drug-likeness (QED) is 0.742. The minimum absolute atomic E-state index is 0.121. The van der Waals surface area contributed by atoms with E-state index in [9.17, 15) is 4.79 Å². The van der Waals surface area contributed by atoms with Crippen molar-refractivity contribution in [1.29, 1.82) is 5.26 Å². The highest BCUT2D eigenvalue weighted by Gasteiger charge is 2.11. The van der Waals surface area contributed by atoms with Crippen molar-refractivity contribution in [3.05, 3.63) is 23.8 Å². The lowest BCUT2D eigenvalue weighted by Crippen LogP contribution is -2.25. The van der Waals surface area contributed by atoms with Crippen molar-refractivity contribution in [3.63, 3.8) is 0 Å². The van der Waals surface area contributed by atoms with Gasteiger partial charge in [0.05, 0.1) is 13.2 Å². The predicted octanol–water partition coefficient (Wildman–Crippen LogP) is 1.21. The molecule has 0 fully saturated rings. The van der Waals surface area contributed by atoms with E-state index in [1.165, 1.54) is 0 Å². The van der Waals surface area contributed by atoms with Crippen molar-refractivity contribution >= 4 is 5.91 Å². The number of methoxy groups -OCH3 is 1. The van der Waals surface area contributed by atoms with Crippen LogP contribution in [-0.4, -0.2) is 51.7 Å². The van der Waals surface area contributed by atoms with Crippen LogP contribution < -0.4 is 14.8 Å². The Kier molecular flexibility index (Phi) is 7.79. The van der Waals surface area contributed by atoms with Crippen molar-refractivity contribution < 1.29 is 14.3 Å². The number of amides is 1. The first kappa shape index (κ1) is 17.8. The number of carbonyl (C=O) groups excluding carboxylic acids is 1. The number of likely N-dealkylation sites (N-methyl/N-ethyl adjacent to an activating group) is 1. The van der Waals surface area contributed by atoms with E-state index in [0.717, 1.165) is 12.1 Å². The summed E-state index contributed by atoms with van der Waals surface area (Å²) in [6.45, 7) is 1.81. The highest BCUT2D eigenvalue weighted by atomic mass is 16.5. The summed E-state index contributed by atoms with van der Waals surface area (Å²) in [6, 6.07) is 7.51. The van der Waals surface area contributed by atoms with Gasteiger partial charge in [-0.2, -0.15) is 5.26 Å². The third-order valence-corrected chi connectivity index (χ3v) is 3.02. The number of nitrogens with one attached hydrogen (secondary N) is 1. The maximum absolute atomic E-state index is 11.3. The molecular formula is C16H23N3O3. The molecule has 0 aliphatic rings. The largest absolute Gasteiger partial charge is 0.493 e. The van der Waals surface area contributed by atoms with Crippen molar-refractivity contribution in [2.45, 2.75) is 12.8 Å². The second-order valence-corrected chi connectivity index (χ2v) is 5.04.